The molecule has 0 saturated heterocycles. The first-order valence-corrected chi connectivity index (χ1v) is 8.96. The van der Waals surface area contributed by atoms with E-state index in [0.29, 0.717) is 11.2 Å². The molecule has 5 rings (SSSR count). The average molecular weight is 393 g/mol. The summed E-state index contributed by atoms with van der Waals surface area (Å²) in [5, 5.41) is 12.0. The number of hydrogen-bond acceptors (Lipinski definition) is 4. The van der Waals surface area contributed by atoms with E-state index in [1.165, 1.54) is 16.6 Å². The second-order valence-electron chi connectivity index (χ2n) is 6.88. The SMILES string of the molecule is CC1=CC(c2c(-c3ccc(F)cc3)ccn3nc(C(F)F)nc23)=CC2C=NN=C12. The van der Waals surface area contributed by atoms with Crippen LogP contribution in [0.5, 0.6) is 0 Å². The predicted molar refractivity (Wildman–Crippen MR) is 104 cm³/mol. The van der Waals surface area contributed by atoms with Crippen LogP contribution in [0.1, 0.15) is 24.7 Å². The number of alkyl halides is 2. The summed E-state index contributed by atoms with van der Waals surface area (Å²) in [5.74, 6) is -0.979. The van der Waals surface area contributed by atoms with Gasteiger partial charge >= 0.3 is 0 Å². The van der Waals surface area contributed by atoms with Crippen molar-refractivity contribution in [1.82, 2.24) is 14.6 Å². The van der Waals surface area contributed by atoms with E-state index in [9.17, 15) is 13.2 Å². The fourth-order valence-electron chi connectivity index (χ4n) is 3.68. The van der Waals surface area contributed by atoms with Crippen LogP contribution < -0.4 is 0 Å². The molecule has 2 aromatic heterocycles. The lowest BCUT2D eigenvalue weighted by Gasteiger charge is -2.19. The monoisotopic (exact) mass is 393 g/mol. The third-order valence-electron chi connectivity index (χ3n) is 5.01. The van der Waals surface area contributed by atoms with Gasteiger partial charge in [0, 0.05) is 18.0 Å². The zero-order valence-electron chi connectivity index (χ0n) is 15.2. The molecule has 144 valence electrons. The molecule has 0 N–H and O–H groups in total. The number of nitrogens with zero attached hydrogens (tertiary/aromatic N) is 5. The maximum atomic E-state index is 13.4. The van der Waals surface area contributed by atoms with Gasteiger partial charge in [-0.25, -0.2) is 22.7 Å². The summed E-state index contributed by atoms with van der Waals surface area (Å²) in [4.78, 5) is 4.10. The van der Waals surface area contributed by atoms with Crippen LogP contribution in [0, 0.1) is 11.7 Å². The number of rotatable bonds is 3. The Balaban J connectivity index is 1.79. The smallest absolute Gasteiger partial charge is 0.220 e. The lowest BCUT2D eigenvalue weighted by Crippen LogP contribution is -2.15. The van der Waals surface area contributed by atoms with Crippen LogP contribution in [-0.4, -0.2) is 26.5 Å². The minimum atomic E-state index is -2.78. The summed E-state index contributed by atoms with van der Waals surface area (Å²) < 4.78 is 41.3. The van der Waals surface area contributed by atoms with Crippen LogP contribution >= 0.6 is 0 Å². The van der Waals surface area contributed by atoms with E-state index in [4.69, 9.17) is 0 Å². The summed E-state index contributed by atoms with van der Waals surface area (Å²) in [7, 11) is 0. The van der Waals surface area contributed by atoms with Gasteiger partial charge in [-0.15, -0.1) is 5.10 Å². The van der Waals surface area contributed by atoms with E-state index < -0.39 is 12.2 Å². The Bertz CT molecular complexity index is 1250. The Morgan fingerprint density at radius 3 is 2.66 bits per heavy atom. The van der Waals surface area contributed by atoms with Crippen molar-refractivity contribution in [2.75, 3.05) is 0 Å². The Morgan fingerprint density at radius 1 is 1.10 bits per heavy atom. The topological polar surface area (TPSA) is 54.9 Å². The lowest BCUT2D eigenvalue weighted by molar-refractivity contribution is 0.140. The molecule has 1 aliphatic carbocycles. The highest BCUT2D eigenvalue weighted by molar-refractivity contribution is 6.17. The van der Waals surface area contributed by atoms with Crippen LogP contribution in [0.15, 0.2) is 64.5 Å². The van der Waals surface area contributed by atoms with Crippen molar-refractivity contribution in [3.63, 3.8) is 0 Å². The summed E-state index contributed by atoms with van der Waals surface area (Å²) in [6.45, 7) is 1.93. The minimum absolute atomic E-state index is 0.0891. The molecule has 0 bridgehead atoms. The zero-order chi connectivity index (χ0) is 20.1. The lowest BCUT2D eigenvalue weighted by atomic mass is 9.85. The Morgan fingerprint density at radius 2 is 1.90 bits per heavy atom. The molecule has 0 spiro atoms. The highest BCUT2D eigenvalue weighted by atomic mass is 19.3. The van der Waals surface area contributed by atoms with Crippen LogP contribution in [0.4, 0.5) is 13.2 Å². The summed E-state index contributed by atoms with van der Waals surface area (Å²) in [6, 6.07) is 7.80. The summed E-state index contributed by atoms with van der Waals surface area (Å²) in [5.41, 5.74) is 5.06. The second kappa shape index (κ2) is 6.51. The fraction of sp³-hybridized carbons (Fsp3) is 0.143. The Labute approximate surface area is 163 Å². The van der Waals surface area contributed by atoms with Gasteiger partial charge in [0.15, 0.2) is 5.65 Å². The maximum Gasteiger partial charge on any atom is 0.299 e. The number of pyridine rings is 1. The largest absolute Gasteiger partial charge is 0.299 e. The molecule has 8 heteroatoms. The van der Waals surface area contributed by atoms with Crippen LogP contribution in [-0.2, 0) is 0 Å². The third kappa shape index (κ3) is 2.88. The first-order chi connectivity index (χ1) is 14.0. The van der Waals surface area contributed by atoms with Gasteiger partial charge in [-0.1, -0.05) is 18.2 Å². The van der Waals surface area contributed by atoms with Gasteiger partial charge in [-0.3, -0.25) is 0 Å². The second-order valence-corrected chi connectivity index (χ2v) is 6.88. The standard InChI is InChI=1S/C21H14F3N5/c1-11-8-13(9-14-10-25-27-18(11)14)17-16(12-2-4-15(22)5-3-12)6-7-29-21(17)26-20(28-29)19(23)24/h2-10,14,19H,1H3. The number of allylic oxidation sites excluding steroid dienone is 4. The van der Waals surface area contributed by atoms with Crippen molar-refractivity contribution >= 4 is 23.1 Å². The van der Waals surface area contributed by atoms with E-state index in [0.717, 1.165) is 28.0 Å². The molecule has 0 amide bonds. The fourth-order valence-corrected chi connectivity index (χ4v) is 3.68. The van der Waals surface area contributed by atoms with E-state index in [-0.39, 0.29) is 11.7 Å². The summed E-state index contributed by atoms with van der Waals surface area (Å²) in [6.07, 6.45) is 4.44. The molecule has 1 aliphatic heterocycles. The van der Waals surface area contributed by atoms with Gasteiger partial charge in [-0.05, 0) is 53.5 Å². The molecule has 2 aliphatic rings. The minimum Gasteiger partial charge on any atom is -0.220 e. The zero-order valence-corrected chi connectivity index (χ0v) is 15.2. The van der Waals surface area contributed by atoms with Gasteiger partial charge in [0.05, 0.1) is 11.6 Å². The van der Waals surface area contributed by atoms with Crippen molar-refractivity contribution in [2.24, 2.45) is 16.1 Å². The normalized spacial score (nSPS) is 18.1. The molecule has 5 nitrogen and oxygen atoms in total. The molecule has 0 fully saturated rings. The van der Waals surface area contributed by atoms with E-state index in [1.807, 2.05) is 19.1 Å². The number of hydrogen-bond donors (Lipinski definition) is 0. The molecular weight excluding hydrogens is 379 g/mol. The Hall–Kier alpha value is -3.55. The molecule has 1 aromatic carbocycles. The average Bonchev–Trinajstić information content (AvgIpc) is 3.35. The first kappa shape index (κ1) is 17.5. The van der Waals surface area contributed by atoms with Crippen molar-refractivity contribution in [3.05, 3.63) is 71.5 Å². The highest BCUT2D eigenvalue weighted by Crippen LogP contribution is 2.37. The quantitative estimate of drug-likeness (QED) is 0.637. The van der Waals surface area contributed by atoms with Crippen LogP contribution in [0.3, 0.4) is 0 Å². The van der Waals surface area contributed by atoms with Gasteiger partial charge in [0.2, 0.25) is 5.82 Å². The molecule has 3 heterocycles. The molecule has 1 atom stereocenters. The first-order valence-electron chi connectivity index (χ1n) is 8.96. The maximum absolute atomic E-state index is 13.4. The number of halogens is 3. The molecular formula is C21H14F3N5. The van der Waals surface area contributed by atoms with Gasteiger partial charge in [0.25, 0.3) is 6.43 Å². The number of aromatic nitrogens is 3. The van der Waals surface area contributed by atoms with Gasteiger partial charge in [-0.2, -0.15) is 10.2 Å². The van der Waals surface area contributed by atoms with E-state index in [1.54, 1.807) is 30.6 Å². The number of fused-ring (bicyclic) bond motifs is 2. The van der Waals surface area contributed by atoms with E-state index >= 15 is 0 Å². The van der Waals surface area contributed by atoms with Crippen LogP contribution in [0.2, 0.25) is 0 Å². The molecule has 1 unspecified atom stereocenters. The predicted octanol–water partition coefficient (Wildman–Crippen LogP) is 4.87. The van der Waals surface area contributed by atoms with Crippen LogP contribution in [0.25, 0.3) is 22.3 Å². The molecule has 0 saturated carbocycles. The van der Waals surface area contributed by atoms with Gasteiger partial charge in [0.1, 0.15) is 5.82 Å². The van der Waals surface area contributed by atoms with E-state index in [2.05, 4.69) is 20.3 Å². The summed E-state index contributed by atoms with van der Waals surface area (Å²) >= 11 is 0. The molecule has 0 radical (unpaired) electrons. The molecule has 29 heavy (non-hydrogen) atoms. The Kier molecular flexibility index (Phi) is 3.94. The van der Waals surface area contributed by atoms with Crippen molar-refractivity contribution in [3.8, 4) is 11.1 Å². The highest BCUT2D eigenvalue weighted by Gasteiger charge is 2.26. The van der Waals surface area contributed by atoms with Crippen molar-refractivity contribution in [2.45, 2.75) is 13.3 Å². The van der Waals surface area contributed by atoms with Crippen molar-refractivity contribution in [1.29, 1.82) is 0 Å². The van der Waals surface area contributed by atoms with Crippen molar-refractivity contribution < 1.29 is 13.2 Å². The third-order valence-corrected chi connectivity index (χ3v) is 5.01. The molecule has 3 aromatic rings. The van der Waals surface area contributed by atoms with Gasteiger partial charge < -0.3 is 0 Å². The number of benzene rings is 1.